The van der Waals surface area contributed by atoms with E-state index >= 15 is 0 Å². The standard InChI is InChI=1S/C17H16Cl2N2O3/c1-24-15-4-2-3-11(7-15)5-6-20-16(22)17(23)21-14-9-12(18)8-13(19)10-14/h2-4,7-10H,5-6H2,1H3,(H,20,22)(H,21,23). The molecular weight excluding hydrogens is 351 g/mol. The smallest absolute Gasteiger partial charge is 0.313 e. The van der Waals surface area contributed by atoms with Gasteiger partial charge in [0.1, 0.15) is 5.75 Å². The van der Waals surface area contributed by atoms with Gasteiger partial charge in [-0.05, 0) is 42.3 Å². The van der Waals surface area contributed by atoms with Crippen molar-refractivity contribution in [2.45, 2.75) is 6.42 Å². The zero-order valence-corrected chi connectivity index (χ0v) is 14.4. The van der Waals surface area contributed by atoms with E-state index in [1.165, 1.54) is 18.2 Å². The second-order valence-corrected chi connectivity index (χ2v) is 5.84. The molecule has 0 aliphatic heterocycles. The Kier molecular flexibility index (Phi) is 6.46. The largest absolute Gasteiger partial charge is 0.497 e. The van der Waals surface area contributed by atoms with Gasteiger partial charge < -0.3 is 15.4 Å². The number of halogens is 2. The van der Waals surface area contributed by atoms with Crippen molar-refractivity contribution in [2.24, 2.45) is 0 Å². The molecule has 24 heavy (non-hydrogen) atoms. The fraction of sp³-hybridized carbons (Fsp3) is 0.176. The summed E-state index contributed by atoms with van der Waals surface area (Å²) in [6, 6.07) is 12.1. The molecule has 0 saturated heterocycles. The molecule has 0 aliphatic rings. The highest BCUT2D eigenvalue weighted by molar-refractivity contribution is 6.40. The van der Waals surface area contributed by atoms with Crippen molar-refractivity contribution in [3.05, 3.63) is 58.1 Å². The van der Waals surface area contributed by atoms with Crippen LogP contribution in [0.2, 0.25) is 10.0 Å². The first-order valence-corrected chi connectivity index (χ1v) is 7.92. The quantitative estimate of drug-likeness (QED) is 0.797. The molecule has 0 aromatic heterocycles. The summed E-state index contributed by atoms with van der Waals surface area (Å²) in [5.74, 6) is -0.762. The fourth-order valence-corrected chi connectivity index (χ4v) is 2.57. The summed E-state index contributed by atoms with van der Waals surface area (Å²) in [6.45, 7) is 0.329. The number of ether oxygens (including phenoxy) is 1. The Labute approximate surface area is 149 Å². The molecular formula is C17H16Cl2N2O3. The molecule has 0 unspecified atom stereocenters. The van der Waals surface area contributed by atoms with E-state index in [1.54, 1.807) is 7.11 Å². The number of hydrogen-bond donors (Lipinski definition) is 2. The minimum atomic E-state index is -0.779. The summed E-state index contributed by atoms with van der Waals surface area (Å²) in [5.41, 5.74) is 1.36. The summed E-state index contributed by atoms with van der Waals surface area (Å²) in [6.07, 6.45) is 0.583. The van der Waals surface area contributed by atoms with E-state index in [1.807, 2.05) is 24.3 Å². The first kappa shape index (κ1) is 18.1. The molecule has 0 saturated carbocycles. The zero-order chi connectivity index (χ0) is 17.5. The van der Waals surface area contributed by atoms with Gasteiger partial charge in [-0.1, -0.05) is 35.3 Å². The van der Waals surface area contributed by atoms with Crippen molar-refractivity contribution in [2.75, 3.05) is 19.0 Å². The van der Waals surface area contributed by atoms with Gasteiger partial charge in [0.05, 0.1) is 7.11 Å². The molecule has 0 fully saturated rings. The van der Waals surface area contributed by atoms with Crippen molar-refractivity contribution in [1.82, 2.24) is 5.32 Å². The number of carbonyl (C=O) groups is 2. The first-order chi connectivity index (χ1) is 11.5. The Morgan fingerprint density at radius 1 is 1.04 bits per heavy atom. The molecule has 2 rings (SSSR count). The molecule has 0 bridgehead atoms. The van der Waals surface area contributed by atoms with Crippen LogP contribution in [-0.2, 0) is 16.0 Å². The number of hydrogen-bond acceptors (Lipinski definition) is 3. The summed E-state index contributed by atoms with van der Waals surface area (Å²) < 4.78 is 5.13. The Hall–Kier alpha value is -2.24. The van der Waals surface area contributed by atoms with Gasteiger partial charge in [0.2, 0.25) is 0 Å². The third kappa shape index (κ3) is 5.44. The van der Waals surface area contributed by atoms with Crippen molar-refractivity contribution in [3.63, 3.8) is 0 Å². The summed E-state index contributed by atoms with van der Waals surface area (Å²) in [4.78, 5) is 23.7. The molecule has 2 aromatic rings. The van der Waals surface area contributed by atoms with Crippen LogP contribution < -0.4 is 15.4 Å². The Morgan fingerprint density at radius 3 is 2.42 bits per heavy atom. The molecule has 5 nitrogen and oxygen atoms in total. The maximum Gasteiger partial charge on any atom is 0.313 e. The number of nitrogens with one attached hydrogen (secondary N) is 2. The van der Waals surface area contributed by atoms with Gasteiger partial charge in [-0.3, -0.25) is 9.59 Å². The minimum Gasteiger partial charge on any atom is -0.497 e. The van der Waals surface area contributed by atoms with E-state index in [2.05, 4.69) is 10.6 Å². The highest BCUT2D eigenvalue weighted by Crippen LogP contribution is 2.22. The number of anilines is 1. The average Bonchev–Trinajstić information content (AvgIpc) is 2.54. The summed E-state index contributed by atoms with van der Waals surface area (Å²) >= 11 is 11.7. The van der Waals surface area contributed by atoms with E-state index in [0.29, 0.717) is 28.7 Å². The third-order valence-electron chi connectivity index (χ3n) is 3.16. The molecule has 2 N–H and O–H groups in total. The molecule has 0 aliphatic carbocycles. The highest BCUT2D eigenvalue weighted by Gasteiger charge is 2.13. The molecule has 126 valence electrons. The van der Waals surface area contributed by atoms with Crippen molar-refractivity contribution < 1.29 is 14.3 Å². The van der Waals surface area contributed by atoms with Gasteiger partial charge >= 0.3 is 11.8 Å². The average molecular weight is 367 g/mol. The molecule has 2 aromatic carbocycles. The van der Waals surface area contributed by atoms with E-state index in [9.17, 15) is 9.59 Å². The monoisotopic (exact) mass is 366 g/mol. The predicted octanol–water partition coefficient (Wildman–Crippen LogP) is 3.30. The van der Waals surface area contributed by atoms with E-state index in [-0.39, 0.29) is 0 Å². The van der Waals surface area contributed by atoms with Gasteiger partial charge in [0.15, 0.2) is 0 Å². The molecule has 0 radical (unpaired) electrons. The Morgan fingerprint density at radius 2 is 1.75 bits per heavy atom. The van der Waals surface area contributed by atoms with Crippen molar-refractivity contribution >= 4 is 40.7 Å². The lowest BCUT2D eigenvalue weighted by Crippen LogP contribution is -2.36. The van der Waals surface area contributed by atoms with Crippen LogP contribution in [0.4, 0.5) is 5.69 Å². The highest BCUT2D eigenvalue weighted by atomic mass is 35.5. The normalized spacial score (nSPS) is 10.1. The van der Waals surface area contributed by atoms with Crippen molar-refractivity contribution in [1.29, 1.82) is 0 Å². The Balaban J connectivity index is 1.84. The summed E-state index contributed by atoms with van der Waals surface area (Å²) in [7, 11) is 1.59. The lowest BCUT2D eigenvalue weighted by molar-refractivity contribution is -0.136. The molecule has 0 spiro atoms. The van der Waals surface area contributed by atoms with E-state index in [0.717, 1.165) is 11.3 Å². The van der Waals surface area contributed by atoms with Crippen molar-refractivity contribution in [3.8, 4) is 5.75 Å². The van der Waals surface area contributed by atoms with Crippen LogP contribution in [0.1, 0.15) is 5.56 Å². The van der Waals surface area contributed by atoms with Gasteiger partial charge in [-0.2, -0.15) is 0 Å². The van der Waals surface area contributed by atoms with Crippen LogP contribution in [0.3, 0.4) is 0 Å². The van der Waals surface area contributed by atoms with E-state index < -0.39 is 11.8 Å². The Bertz CT molecular complexity index is 730. The number of rotatable bonds is 5. The fourth-order valence-electron chi connectivity index (χ4n) is 2.04. The van der Waals surface area contributed by atoms with Crippen LogP contribution in [0, 0.1) is 0 Å². The van der Waals surface area contributed by atoms with Crippen LogP contribution in [0.15, 0.2) is 42.5 Å². The SMILES string of the molecule is COc1cccc(CCNC(=O)C(=O)Nc2cc(Cl)cc(Cl)c2)c1. The van der Waals surface area contributed by atoms with Gasteiger partial charge in [-0.15, -0.1) is 0 Å². The number of amides is 2. The van der Waals surface area contributed by atoms with Gasteiger partial charge in [-0.25, -0.2) is 0 Å². The van der Waals surface area contributed by atoms with Crippen LogP contribution >= 0.6 is 23.2 Å². The molecule has 0 heterocycles. The third-order valence-corrected chi connectivity index (χ3v) is 3.60. The minimum absolute atomic E-state index is 0.329. The molecule has 2 amide bonds. The maximum absolute atomic E-state index is 11.8. The van der Waals surface area contributed by atoms with Gasteiger partial charge in [0.25, 0.3) is 0 Å². The van der Waals surface area contributed by atoms with Gasteiger partial charge in [0, 0.05) is 22.3 Å². The van der Waals surface area contributed by atoms with E-state index in [4.69, 9.17) is 27.9 Å². The molecule has 7 heteroatoms. The maximum atomic E-state index is 11.8. The number of carbonyl (C=O) groups excluding carboxylic acids is 2. The number of benzene rings is 2. The van der Waals surface area contributed by atoms with Crippen LogP contribution in [0.5, 0.6) is 5.75 Å². The first-order valence-electron chi connectivity index (χ1n) is 7.16. The second kappa shape index (κ2) is 8.57. The second-order valence-electron chi connectivity index (χ2n) is 4.97. The molecule has 0 atom stereocenters. The van der Waals surface area contributed by atoms with Crippen LogP contribution in [-0.4, -0.2) is 25.5 Å². The van der Waals surface area contributed by atoms with Crippen LogP contribution in [0.25, 0.3) is 0 Å². The lowest BCUT2D eigenvalue weighted by atomic mass is 10.1. The zero-order valence-electron chi connectivity index (χ0n) is 12.9. The predicted molar refractivity (Wildman–Crippen MR) is 94.8 cm³/mol. The number of methoxy groups -OCH3 is 1. The lowest BCUT2D eigenvalue weighted by Gasteiger charge is -2.08. The topological polar surface area (TPSA) is 67.4 Å². The summed E-state index contributed by atoms with van der Waals surface area (Å²) in [5, 5.41) is 5.75.